The molecule has 0 spiro atoms. The number of pyridine rings is 1. The van der Waals surface area contributed by atoms with Gasteiger partial charge in [-0.15, -0.1) is 17.9 Å². The highest BCUT2D eigenvalue weighted by atomic mass is 32.1. The predicted octanol–water partition coefficient (Wildman–Crippen LogP) is 4.06. The van der Waals surface area contributed by atoms with E-state index < -0.39 is 0 Å². The van der Waals surface area contributed by atoms with Crippen molar-refractivity contribution in [2.75, 3.05) is 5.32 Å². The highest BCUT2D eigenvalue weighted by molar-refractivity contribution is 7.14. The van der Waals surface area contributed by atoms with Crippen LogP contribution in [-0.4, -0.2) is 20.4 Å². The molecule has 5 nitrogen and oxygen atoms in total. The number of hydrogen-bond donors (Lipinski definition) is 1. The van der Waals surface area contributed by atoms with Gasteiger partial charge in [0, 0.05) is 46.8 Å². The van der Waals surface area contributed by atoms with E-state index in [4.69, 9.17) is 0 Å². The summed E-state index contributed by atoms with van der Waals surface area (Å²) >= 11 is 1.42. The molecule has 3 heterocycles. The zero-order valence-corrected chi connectivity index (χ0v) is 14.4. The zero-order chi connectivity index (χ0) is 17.1. The maximum atomic E-state index is 12.2. The number of carbonyl (C=O) groups is 1. The van der Waals surface area contributed by atoms with Crippen molar-refractivity contribution in [2.24, 2.45) is 0 Å². The summed E-state index contributed by atoms with van der Waals surface area (Å²) in [7, 11) is 0. The minimum atomic E-state index is -0.185. The molecule has 6 heteroatoms. The van der Waals surface area contributed by atoms with Crippen LogP contribution in [-0.2, 0) is 6.54 Å². The Labute approximate surface area is 144 Å². The molecule has 3 rings (SSSR count). The normalized spacial score (nSPS) is 10.6. The predicted molar refractivity (Wildman–Crippen MR) is 97.4 cm³/mol. The fraction of sp³-hybridized carbons (Fsp3) is 0.167. The highest BCUT2D eigenvalue weighted by Crippen LogP contribution is 2.30. The van der Waals surface area contributed by atoms with Gasteiger partial charge >= 0.3 is 0 Å². The van der Waals surface area contributed by atoms with Crippen molar-refractivity contribution in [2.45, 2.75) is 20.4 Å². The molecular weight excluding hydrogens is 320 g/mol. The number of amides is 1. The monoisotopic (exact) mass is 338 g/mol. The quantitative estimate of drug-likeness (QED) is 0.714. The van der Waals surface area contributed by atoms with Crippen LogP contribution in [0.15, 0.2) is 48.6 Å². The molecule has 3 aromatic heterocycles. The fourth-order valence-electron chi connectivity index (χ4n) is 2.60. The largest absolute Gasteiger partial charge is 0.345 e. The standard InChI is InChI=1S/C18H18N4OS/c1-4-9-22-12(2)10-15(13(22)3)16-11-24-18(20-16)21-17(23)14-5-7-19-8-6-14/h4-8,10-11H,1,9H2,2-3H3,(H,20,21,23). The van der Waals surface area contributed by atoms with E-state index in [-0.39, 0.29) is 5.91 Å². The SMILES string of the molecule is C=CCn1c(C)cc(-c2csc(NC(=O)c3ccncc3)n2)c1C. The number of nitrogens with zero attached hydrogens (tertiary/aromatic N) is 3. The summed E-state index contributed by atoms with van der Waals surface area (Å²) in [5, 5.41) is 5.38. The van der Waals surface area contributed by atoms with Crippen molar-refractivity contribution in [1.29, 1.82) is 0 Å². The lowest BCUT2D eigenvalue weighted by atomic mass is 10.2. The first-order valence-electron chi connectivity index (χ1n) is 7.55. The Kier molecular flexibility index (Phi) is 4.57. The third-order valence-corrected chi connectivity index (χ3v) is 4.59. The molecule has 0 aromatic carbocycles. The van der Waals surface area contributed by atoms with E-state index >= 15 is 0 Å². The lowest BCUT2D eigenvalue weighted by Gasteiger charge is -2.05. The van der Waals surface area contributed by atoms with Crippen molar-refractivity contribution in [3.63, 3.8) is 0 Å². The first kappa shape index (κ1) is 16.1. The van der Waals surface area contributed by atoms with Gasteiger partial charge in [-0.05, 0) is 32.0 Å². The molecule has 0 saturated heterocycles. The number of allylic oxidation sites excluding steroid dienone is 1. The van der Waals surface area contributed by atoms with E-state index in [1.54, 1.807) is 24.5 Å². The molecule has 0 radical (unpaired) electrons. The van der Waals surface area contributed by atoms with Crippen LogP contribution in [0.5, 0.6) is 0 Å². The van der Waals surface area contributed by atoms with Crippen molar-refractivity contribution >= 4 is 22.4 Å². The summed E-state index contributed by atoms with van der Waals surface area (Å²) in [6.07, 6.45) is 5.07. The van der Waals surface area contributed by atoms with Crippen molar-refractivity contribution < 1.29 is 4.79 Å². The molecule has 0 unspecified atom stereocenters. The van der Waals surface area contributed by atoms with Crippen LogP contribution < -0.4 is 5.32 Å². The second-order valence-electron chi connectivity index (χ2n) is 5.41. The third kappa shape index (κ3) is 3.14. The third-order valence-electron chi connectivity index (χ3n) is 3.83. The molecule has 0 bridgehead atoms. The summed E-state index contributed by atoms with van der Waals surface area (Å²) in [5.74, 6) is -0.185. The molecule has 3 aromatic rings. The van der Waals surface area contributed by atoms with Crippen LogP contribution in [0, 0.1) is 13.8 Å². The summed E-state index contributed by atoms with van der Waals surface area (Å²) in [4.78, 5) is 20.6. The van der Waals surface area contributed by atoms with E-state index in [1.807, 2.05) is 11.5 Å². The Morgan fingerprint density at radius 1 is 1.38 bits per heavy atom. The van der Waals surface area contributed by atoms with E-state index in [1.165, 1.54) is 11.3 Å². The summed E-state index contributed by atoms with van der Waals surface area (Å²) in [5.41, 5.74) is 4.82. The van der Waals surface area contributed by atoms with Gasteiger partial charge in [0.2, 0.25) is 0 Å². The van der Waals surface area contributed by atoms with Crippen LogP contribution in [0.4, 0.5) is 5.13 Å². The Bertz CT molecular complexity index is 880. The lowest BCUT2D eigenvalue weighted by molar-refractivity contribution is 0.102. The summed E-state index contributed by atoms with van der Waals surface area (Å²) in [6.45, 7) is 8.71. The first-order chi connectivity index (χ1) is 11.6. The fourth-order valence-corrected chi connectivity index (χ4v) is 3.30. The average molecular weight is 338 g/mol. The number of rotatable bonds is 5. The minimum Gasteiger partial charge on any atom is -0.345 e. The van der Waals surface area contributed by atoms with Crippen molar-refractivity contribution in [3.8, 4) is 11.3 Å². The van der Waals surface area contributed by atoms with Gasteiger partial charge in [-0.25, -0.2) is 4.98 Å². The average Bonchev–Trinajstić information content (AvgIpc) is 3.15. The Hall–Kier alpha value is -2.73. The maximum Gasteiger partial charge on any atom is 0.257 e. The van der Waals surface area contributed by atoms with Gasteiger partial charge in [0.25, 0.3) is 5.91 Å². The topological polar surface area (TPSA) is 59.8 Å². The second kappa shape index (κ2) is 6.80. The number of aryl methyl sites for hydroxylation is 1. The van der Waals surface area contributed by atoms with Gasteiger partial charge in [-0.2, -0.15) is 0 Å². The molecule has 24 heavy (non-hydrogen) atoms. The van der Waals surface area contributed by atoms with Gasteiger partial charge in [-0.1, -0.05) is 6.08 Å². The van der Waals surface area contributed by atoms with E-state index in [0.717, 1.165) is 29.2 Å². The Morgan fingerprint density at radius 3 is 2.83 bits per heavy atom. The minimum absolute atomic E-state index is 0.185. The molecule has 1 amide bonds. The van der Waals surface area contributed by atoms with Gasteiger partial charge in [0.05, 0.1) is 5.69 Å². The van der Waals surface area contributed by atoms with Gasteiger partial charge in [-0.3, -0.25) is 15.1 Å². The second-order valence-corrected chi connectivity index (χ2v) is 6.27. The van der Waals surface area contributed by atoms with E-state index in [0.29, 0.717) is 10.7 Å². The van der Waals surface area contributed by atoms with Crippen LogP contribution in [0.25, 0.3) is 11.3 Å². The van der Waals surface area contributed by atoms with Gasteiger partial charge in [0.1, 0.15) is 0 Å². The number of aromatic nitrogens is 3. The molecule has 122 valence electrons. The van der Waals surface area contributed by atoms with Crippen LogP contribution >= 0.6 is 11.3 Å². The molecule has 0 saturated carbocycles. The van der Waals surface area contributed by atoms with Crippen LogP contribution in [0.2, 0.25) is 0 Å². The van der Waals surface area contributed by atoms with Crippen molar-refractivity contribution in [3.05, 3.63) is 65.6 Å². The highest BCUT2D eigenvalue weighted by Gasteiger charge is 2.14. The molecular formula is C18H18N4OS. The zero-order valence-electron chi connectivity index (χ0n) is 13.6. The number of thiazole rings is 1. The molecule has 0 fully saturated rings. The summed E-state index contributed by atoms with van der Waals surface area (Å²) < 4.78 is 2.19. The number of nitrogens with one attached hydrogen (secondary N) is 1. The van der Waals surface area contributed by atoms with Crippen LogP contribution in [0.1, 0.15) is 21.7 Å². The number of anilines is 1. The maximum absolute atomic E-state index is 12.2. The smallest absolute Gasteiger partial charge is 0.257 e. The van der Waals surface area contributed by atoms with E-state index in [2.05, 4.69) is 46.3 Å². The van der Waals surface area contributed by atoms with E-state index in [9.17, 15) is 4.79 Å². The molecule has 0 aliphatic rings. The molecule has 1 N–H and O–H groups in total. The van der Waals surface area contributed by atoms with Gasteiger partial charge < -0.3 is 4.57 Å². The van der Waals surface area contributed by atoms with Gasteiger partial charge in [0.15, 0.2) is 5.13 Å². The van der Waals surface area contributed by atoms with Crippen molar-refractivity contribution in [1.82, 2.24) is 14.5 Å². The number of carbonyl (C=O) groups excluding carboxylic acids is 1. The Morgan fingerprint density at radius 2 is 2.12 bits per heavy atom. The molecule has 0 aliphatic carbocycles. The molecule has 0 aliphatic heterocycles. The lowest BCUT2D eigenvalue weighted by Crippen LogP contribution is -2.11. The molecule has 0 atom stereocenters. The number of hydrogen-bond acceptors (Lipinski definition) is 4. The summed E-state index contributed by atoms with van der Waals surface area (Å²) in [6, 6.07) is 5.46. The first-order valence-corrected chi connectivity index (χ1v) is 8.43. The van der Waals surface area contributed by atoms with Crippen LogP contribution in [0.3, 0.4) is 0 Å². The Balaban J connectivity index is 1.82.